The minimum atomic E-state index is 0.241. The van der Waals surface area contributed by atoms with Crippen LogP contribution in [0.5, 0.6) is 0 Å². The zero-order chi connectivity index (χ0) is 13.8. The number of nitrogens with one attached hydrogen (secondary N) is 1. The van der Waals surface area contributed by atoms with Gasteiger partial charge in [0.25, 0.3) is 0 Å². The van der Waals surface area contributed by atoms with Gasteiger partial charge in [0, 0.05) is 44.5 Å². The zero-order valence-electron chi connectivity index (χ0n) is 12.1. The van der Waals surface area contributed by atoms with E-state index >= 15 is 0 Å². The first-order chi connectivity index (χ1) is 9.10. The first-order valence-electron chi connectivity index (χ1n) is 6.69. The molecule has 0 aliphatic heterocycles. The van der Waals surface area contributed by atoms with Crippen LogP contribution in [0.2, 0.25) is 0 Å². The fourth-order valence-corrected chi connectivity index (χ4v) is 2.27. The Kier molecular flexibility index (Phi) is 4.31. The van der Waals surface area contributed by atoms with Crippen LogP contribution in [0.3, 0.4) is 0 Å². The van der Waals surface area contributed by atoms with E-state index in [0.29, 0.717) is 0 Å². The fraction of sp³-hybridized carbons (Fsp3) is 0.615. The van der Waals surface area contributed by atoms with Gasteiger partial charge in [0.15, 0.2) is 0 Å². The van der Waals surface area contributed by atoms with Crippen LogP contribution in [-0.4, -0.2) is 31.3 Å². The zero-order valence-corrected chi connectivity index (χ0v) is 12.1. The normalized spacial score (nSPS) is 12.8. The van der Waals surface area contributed by atoms with Gasteiger partial charge in [-0.2, -0.15) is 5.10 Å². The molecule has 0 amide bonds. The summed E-state index contributed by atoms with van der Waals surface area (Å²) in [6, 6.07) is 0.241. The molecule has 0 aromatic carbocycles. The van der Waals surface area contributed by atoms with Crippen molar-refractivity contribution in [2.24, 2.45) is 14.1 Å². The minimum absolute atomic E-state index is 0.241. The molecule has 1 unspecified atom stereocenters. The third-order valence-electron chi connectivity index (χ3n) is 3.13. The summed E-state index contributed by atoms with van der Waals surface area (Å²) in [6.07, 6.45) is 5.99. The molecule has 1 atom stereocenters. The standard InChI is InChI=1S/C13H22N6/c1-5-6-14-13(7-11-8-19(4)17-15-11)12-9-18(3)16-10(12)2/h8-9,13-14H,5-7H2,1-4H3. The number of aryl methyl sites for hydroxylation is 3. The predicted molar refractivity (Wildman–Crippen MR) is 73.7 cm³/mol. The van der Waals surface area contributed by atoms with Crippen LogP contribution >= 0.6 is 0 Å². The maximum atomic E-state index is 4.42. The molecule has 1 N–H and O–H groups in total. The number of hydrogen-bond donors (Lipinski definition) is 1. The van der Waals surface area contributed by atoms with E-state index in [1.165, 1.54) is 5.56 Å². The molecule has 0 radical (unpaired) electrons. The fourth-order valence-electron chi connectivity index (χ4n) is 2.27. The molecule has 0 fully saturated rings. The SMILES string of the molecule is CCCNC(Cc1cn(C)nn1)c1cn(C)nc1C. The Hall–Kier alpha value is -1.69. The van der Waals surface area contributed by atoms with Gasteiger partial charge in [-0.05, 0) is 19.9 Å². The van der Waals surface area contributed by atoms with Crippen LogP contribution in [0.1, 0.15) is 36.3 Å². The molecule has 0 aliphatic carbocycles. The van der Waals surface area contributed by atoms with Crippen molar-refractivity contribution in [3.05, 3.63) is 29.3 Å². The second-order valence-corrected chi connectivity index (χ2v) is 4.94. The van der Waals surface area contributed by atoms with E-state index < -0.39 is 0 Å². The third kappa shape index (κ3) is 3.41. The van der Waals surface area contributed by atoms with Crippen LogP contribution in [0, 0.1) is 6.92 Å². The summed E-state index contributed by atoms with van der Waals surface area (Å²) in [6.45, 7) is 5.20. The molecule has 2 rings (SSSR count). The van der Waals surface area contributed by atoms with Crippen molar-refractivity contribution in [2.45, 2.75) is 32.7 Å². The van der Waals surface area contributed by atoms with Crippen molar-refractivity contribution in [1.29, 1.82) is 0 Å². The van der Waals surface area contributed by atoms with Crippen molar-refractivity contribution in [1.82, 2.24) is 30.1 Å². The van der Waals surface area contributed by atoms with Crippen LogP contribution in [0.15, 0.2) is 12.4 Å². The van der Waals surface area contributed by atoms with Gasteiger partial charge in [-0.3, -0.25) is 9.36 Å². The Morgan fingerprint density at radius 3 is 2.58 bits per heavy atom. The van der Waals surface area contributed by atoms with Gasteiger partial charge in [0.05, 0.1) is 11.4 Å². The predicted octanol–water partition coefficient (Wildman–Crippen LogP) is 1.14. The molecule has 2 aromatic heterocycles. The molecule has 104 valence electrons. The molecule has 2 aromatic rings. The van der Waals surface area contributed by atoms with E-state index in [4.69, 9.17) is 0 Å². The summed E-state index contributed by atoms with van der Waals surface area (Å²) < 4.78 is 3.60. The van der Waals surface area contributed by atoms with Crippen molar-refractivity contribution in [3.8, 4) is 0 Å². The van der Waals surface area contributed by atoms with Gasteiger partial charge in [-0.1, -0.05) is 12.1 Å². The van der Waals surface area contributed by atoms with Gasteiger partial charge >= 0.3 is 0 Å². The van der Waals surface area contributed by atoms with E-state index in [1.54, 1.807) is 4.68 Å². The lowest BCUT2D eigenvalue weighted by Gasteiger charge is -2.16. The molecule has 6 nitrogen and oxygen atoms in total. The highest BCUT2D eigenvalue weighted by atomic mass is 15.4. The number of rotatable bonds is 6. The molecule has 0 saturated heterocycles. The Balaban J connectivity index is 2.18. The molecule has 0 saturated carbocycles. The molecule has 2 heterocycles. The summed E-state index contributed by atoms with van der Waals surface area (Å²) in [5.74, 6) is 0. The molecular weight excluding hydrogens is 240 g/mol. The quantitative estimate of drug-likeness (QED) is 0.848. The van der Waals surface area contributed by atoms with Gasteiger partial charge < -0.3 is 5.32 Å². The molecule has 6 heteroatoms. The van der Waals surface area contributed by atoms with Crippen molar-refractivity contribution in [2.75, 3.05) is 6.54 Å². The van der Waals surface area contributed by atoms with E-state index in [2.05, 4.69) is 33.8 Å². The van der Waals surface area contributed by atoms with Crippen LogP contribution in [0.25, 0.3) is 0 Å². The number of aromatic nitrogens is 5. The average Bonchev–Trinajstić information content (AvgIpc) is 2.91. The minimum Gasteiger partial charge on any atom is -0.309 e. The average molecular weight is 262 g/mol. The monoisotopic (exact) mass is 262 g/mol. The Labute approximate surface area is 113 Å². The lowest BCUT2D eigenvalue weighted by atomic mass is 10.0. The van der Waals surface area contributed by atoms with Gasteiger partial charge in [-0.25, -0.2) is 0 Å². The highest BCUT2D eigenvalue weighted by Crippen LogP contribution is 2.20. The summed E-state index contributed by atoms with van der Waals surface area (Å²) in [4.78, 5) is 0. The van der Waals surface area contributed by atoms with Crippen LogP contribution < -0.4 is 5.32 Å². The Morgan fingerprint density at radius 1 is 1.26 bits per heavy atom. The smallest absolute Gasteiger partial charge is 0.0845 e. The van der Waals surface area contributed by atoms with Crippen molar-refractivity contribution < 1.29 is 0 Å². The molecular formula is C13H22N6. The topological polar surface area (TPSA) is 60.6 Å². The third-order valence-corrected chi connectivity index (χ3v) is 3.13. The van der Waals surface area contributed by atoms with E-state index in [1.807, 2.05) is 31.9 Å². The van der Waals surface area contributed by atoms with E-state index in [0.717, 1.165) is 30.8 Å². The number of hydrogen-bond acceptors (Lipinski definition) is 4. The second-order valence-electron chi connectivity index (χ2n) is 4.94. The first kappa shape index (κ1) is 13.7. The maximum Gasteiger partial charge on any atom is 0.0845 e. The van der Waals surface area contributed by atoms with Crippen LogP contribution in [-0.2, 0) is 20.5 Å². The summed E-state index contributed by atoms with van der Waals surface area (Å²) >= 11 is 0. The van der Waals surface area contributed by atoms with E-state index in [-0.39, 0.29) is 6.04 Å². The first-order valence-corrected chi connectivity index (χ1v) is 6.69. The second kappa shape index (κ2) is 5.97. The molecule has 0 aliphatic rings. The van der Waals surface area contributed by atoms with Gasteiger partial charge in [-0.15, -0.1) is 5.10 Å². The van der Waals surface area contributed by atoms with Gasteiger partial charge in [0.1, 0.15) is 0 Å². The Bertz CT molecular complexity index is 527. The largest absolute Gasteiger partial charge is 0.309 e. The summed E-state index contributed by atoms with van der Waals surface area (Å²) in [7, 11) is 3.84. The van der Waals surface area contributed by atoms with Crippen molar-refractivity contribution >= 4 is 0 Å². The van der Waals surface area contributed by atoms with Gasteiger partial charge in [0.2, 0.25) is 0 Å². The molecule has 0 bridgehead atoms. The lowest BCUT2D eigenvalue weighted by molar-refractivity contribution is 0.521. The highest BCUT2D eigenvalue weighted by molar-refractivity contribution is 5.21. The number of nitrogens with zero attached hydrogens (tertiary/aromatic N) is 5. The molecule has 0 spiro atoms. The summed E-state index contributed by atoms with van der Waals surface area (Å²) in [5, 5.41) is 16.2. The lowest BCUT2D eigenvalue weighted by Crippen LogP contribution is -2.24. The van der Waals surface area contributed by atoms with Crippen molar-refractivity contribution in [3.63, 3.8) is 0 Å². The highest BCUT2D eigenvalue weighted by Gasteiger charge is 2.17. The van der Waals surface area contributed by atoms with E-state index in [9.17, 15) is 0 Å². The molecule has 19 heavy (non-hydrogen) atoms. The summed E-state index contributed by atoms with van der Waals surface area (Å²) in [5.41, 5.74) is 3.31. The maximum absolute atomic E-state index is 4.42. The van der Waals surface area contributed by atoms with Crippen LogP contribution in [0.4, 0.5) is 0 Å². The Morgan fingerprint density at radius 2 is 2.05 bits per heavy atom.